The van der Waals surface area contributed by atoms with Crippen molar-refractivity contribution >= 4 is 28.1 Å². The number of nitrogens with one attached hydrogen (secondary N) is 1. The molecular formula is C21H23N3O4S. The Bertz CT molecular complexity index is 1280. The lowest BCUT2D eigenvalue weighted by molar-refractivity contribution is 0.483. The van der Waals surface area contributed by atoms with Crippen molar-refractivity contribution in [2.24, 2.45) is 0 Å². The lowest BCUT2D eigenvalue weighted by atomic mass is 10.3. The number of anilines is 1. The Kier molecular flexibility index (Phi) is 6.05. The summed E-state index contributed by atoms with van der Waals surface area (Å²) in [6.45, 7) is 4.62. The van der Waals surface area contributed by atoms with Crippen molar-refractivity contribution in [3.8, 4) is 5.69 Å². The summed E-state index contributed by atoms with van der Waals surface area (Å²) in [7, 11) is -4.37. The van der Waals surface area contributed by atoms with E-state index >= 15 is 0 Å². The lowest BCUT2D eigenvalue weighted by Gasteiger charge is -2.17. The molecule has 3 aromatic rings. The summed E-state index contributed by atoms with van der Waals surface area (Å²) in [5.41, 5.74) is 0.961. The van der Waals surface area contributed by atoms with Gasteiger partial charge in [0, 0.05) is 18.4 Å². The maximum absolute atomic E-state index is 13.2. The molecule has 2 aromatic carbocycles. The second-order valence-electron chi connectivity index (χ2n) is 6.42. The maximum Gasteiger partial charge on any atom is 0.294 e. The van der Waals surface area contributed by atoms with E-state index in [1.807, 2.05) is 55.2 Å². The number of benzene rings is 2. The van der Waals surface area contributed by atoms with Crippen LogP contribution in [0.2, 0.25) is 0 Å². The van der Waals surface area contributed by atoms with E-state index in [2.05, 4.69) is 5.10 Å². The average molecular weight is 413 g/mol. The third-order valence-corrected chi connectivity index (χ3v) is 5.30. The van der Waals surface area contributed by atoms with Crippen LogP contribution in [0.4, 0.5) is 5.69 Å². The summed E-state index contributed by atoms with van der Waals surface area (Å²) in [5.74, 6) is 0. The molecule has 0 aliphatic heterocycles. The van der Waals surface area contributed by atoms with Crippen molar-refractivity contribution in [3.63, 3.8) is 0 Å². The van der Waals surface area contributed by atoms with Crippen molar-refractivity contribution in [2.45, 2.75) is 25.2 Å². The van der Waals surface area contributed by atoms with E-state index in [1.54, 1.807) is 12.3 Å². The first kappa shape index (κ1) is 20.6. The molecule has 0 fully saturated rings. The topological polar surface area (TPSA) is 95.4 Å². The number of H-pyrrole nitrogens is 1. The second kappa shape index (κ2) is 8.50. The summed E-state index contributed by atoms with van der Waals surface area (Å²) >= 11 is 0. The molecule has 152 valence electrons. The molecule has 2 N–H and O–H groups in total. The summed E-state index contributed by atoms with van der Waals surface area (Å²) in [4.78, 5) is 14.8. The molecule has 3 rings (SSSR count). The Morgan fingerprint density at radius 1 is 1.10 bits per heavy atom. The van der Waals surface area contributed by atoms with Crippen LogP contribution < -0.4 is 21.0 Å². The Balaban J connectivity index is 2.22. The minimum Gasteiger partial charge on any atom is -0.347 e. The number of para-hydroxylation sites is 1. The molecule has 0 atom stereocenters. The first-order chi connectivity index (χ1) is 13.8. The van der Waals surface area contributed by atoms with E-state index in [4.69, 9.17) is 0 Å². The zero-order valence-electron chi connectivity index (χ0n) is 16.2. The zero-order chi connectivity index (χ0) is 21.0. The van der Waals surface area contributed by atoms with Gasteiger partial charge in [0.15, 0.2) is 0 Å². The van der Waals surface area contributed by atoms with Gasteiger partial charge in [0.05, 0.1) is 21.2 Å². The van der Waals surface area contributed by atoms with Crippen molar-refractivity contribution in [1.82, 2.24) is 9.78 Å². The molecule has 0 bridgehead atoms. The number of nitrogens with zero attached hydrogens (tertiary/aromatic N) is 2. The van der Waals surface area contributed by atoms with Gasteiger partial charge in [-0.05, 0) is 43.7 Å². The standard InChI is InChI=1S/C21H23N3O4S/c1-3-9-20-19(15-23(4-2)16-10-6-5-7-11-16)21(25)24(22-20)17-12-8-13-18(14-17)29(26,27)28/h5-15,22H,3-4H2,1-2H3,(H,26,27,28). The largest absolute Gasteiger partial charge is 0.347 e. The van der Waals surface area contributed by atoms with Crippen molar-refractivity contribution < 1.29 is 13.0 Å². The number of hydrogen-bond acceptors (Lipinski definition) is 4. The van der Waals surface area contributed by atoms with E-state index in [1.165, 1.54) is 22.9 Å². The van der Waals surface area contributed by atoms with Crippen LogP contribution in [0, 0.1) is 0 Å². The zero-order valence-corrected chi connectivity index (χ0v) is 17.1. The predicted molar refractivity (Wildman–Crippen MR) is 114 cm³/mol. The van der Waals surface area contributed by atoms with Gasteiger partial charge in [-0.1, -0.05) is 37.3 Å². The lowest BCUT2D eigenvalue weighted by Crippen LogP contribution is -2.37. The Hall–Kier alpha value is -3.10. The van der Waals surface area contributed by atoms with Gasteiger partial charge in [-0.3, -0.25) is 14.4 Å². The predicted octanol–water partition coefficient (Wildman–Crippen LogP) is 1.87. The highest BCUT2D eigenvalue weighted by Crippen LogP contribution is 2.13. The van der Waals surface area contributed by atoms with Crippen LogP contribution in [0.15, 0.2) is 64.3 Å². The summed E-state index contributed by atoms with van der Waals surface area (Å²) in [6.07, 6.45) is 4.40. The minimum absolute atomic E-state index is 0.275. The van der Waals surface area contributed by atoms with Gasteiger partial charge in [-0.25, -0.2) is 4.68 Å². The normalized spacial score (nSPS) is 13.1. The first-order valence-corrected chi connectivity index (χ1v) is 10.7. The molecule has 0 saturated carbocycles. The van der Waals surface area contributed by atoms with E-state index in [0.29, 0.717) is 29.2 Å². The molecule has 0 unspecified atom stereocenters. The molecular weight excluding hydrogens is 390 g/mol. The van der Waals surface area contributed by atoms with Crippen molar-refractivity contribution in [1.29, 1.82) is 0 Å². The number of aromatic amines is 1. The fraction of sp³-hybridized carbons (Fsp3) is 0.190. The monoisotopic (exact) mass is 413 g/mol. The van der Waals surface area contributed by atoms with Gasteiger partial charge in [0.2, 0.25) is 0 Å². The van der Waals surface area contributed by atoms with Crippen LogP contribution in [-0.2, 0) is 10.1 Å². The van der Waals surface area contributed by atoms with E-state index in [-0.39, 0.29) is 10.5 Å². The average Bonchev–Trinajstić information content (AvgIpc) is 3.02. The SMILES string of the molecule is CCC=c1[nH]n(-c2cccc(S(=O)(=O)O)c2)c(=O)c1=CN(CC)c1ccccc1. The third-order valence-electron chi connectivity index (χ3n) is 4.45. The Labute approximate surface area is 169 Å². The summed E-state index contributed by atoms with van der Waals surface area (Å²) in [5, 5.41) is 4.15. The molecule has 0 amide bonds. The van der Waals surface area contributed by atoms with Crippen molar-refractivity contribution in [3.05, 3.63) is 75.5 Å². The van der Waals surface area contributed by atoms with Crippen LogP contribution in [-0.4, -0.2) is 29.3 Å². The van der Waals surface area contributed by atoms with Crippen LogP contribution in [0.5, 0.6) is 0 Å². The highest BCUT2D eigenvalue weighted by atomic mass is 32.2. The Morgan fingerprint density at radius 3 is 2.45 bits per heavy atom. The molecule has 0 aliphatic rings. The van der Waals surface area contributed by atoms with Gasteiger partial charge in [-0.2, -0.15) is 8.42 Å². The fourth-order valence-corrected chi connectivity index (χ4v) is 3.56. The minimum atomic E-state index is -4.37. The highest BCUT2D eigenvalue weighted by molar-refractivity contribution is 7.85. The first-order valence-electron chi connectivity index (χ1n) is 9.27. The molecule has 29 heavy (non-hydrogen) atoms. The van der Waals surface area contributed by atoms with E-state index < -0.39 is 10.1 Å². The van der Waals surface area contributed by atoms with Gasteiger partial charge >= 0.3 is 0 Å². The maximum atomic E-state index is 13.2. The quantitative estimate of drug-likeness (QED) is 0.602. The molecule has 1 heterocycles. The number of aromatic nitrogens is 2. The summed E-state index contributed by atoms with van der Waals surface area (Å²) < 4.78 is 33.5. The fourth-order valence-electron chi connectivity index (χ4n) is 3.04. The van der Waals surface area contributed by atoms with Crippen LogP contribution in [0.25, 0.3) is 18.0 Å². The number of rotatable bonds is 6. The van der Waals surface area contributed by atoms with Gasteiger partial charge in [-0.15, -0.1) is 0 Å². The Morgan fingerprint density at radius 2 is 1.83 bits per heavy atom. The molecule has 1 aromatic heterocycles. The van der Waals surface area contributed by atoms with Crippen LogP contribution in [0.3, 0.4) is 0 Å². The van der Waals surface area contributed by atoms with Gasteiger partial charge in [0.25, 0.3) is 15.7 Å². The van der Waals surface area contributed by atoms with Crippen molar-refractivity contribution in [2.75, 3.05) is 11.4 Å². The number of hydrogen-bond donors (Lipinski definition) is 2. The molecule has 0 saturated heterocycles. The van der Waals surface area contributed by atoms with E-state index in [0.717, 1.165) is 5.69 Å². The third kappa shape index (κ3) is 4.49. The van der Waals surface area contributed by atoms with Gasteiger partial charge in [0.1, 0.15) is 0 Å². The smallest absolute Gasteiger partial charge is 0.294 e. The molecule has 0 radical (unpaired) electrons. The molecule has 8 heteroatoms. The van der Waals surface area contributed by atoms with E-state index in [9.17, 15) is 17.8 Å². The van der Waals surface area contributed by atoms with Crippen LogP contribution >= 0.6 is 0 Å². The van der Waals surface area contributed by atoms with Crippen LogP contribution in [0.1, 0.15) is 20.3 Å². The molecule has 7 nitrogen and oxygen atoms in total. The second-order valence-corrected chi connectivity index (χ2v) is 7.84. The molecule has 0 aliphatic carbocycles. The molecule has 0 spiro atoms. The van der Waals surface area contributed by atoms with Gasteiger partial charge < -0.3 is 4.90 Å². The highest BCUT2D eigenvalue weighted by Gasteiger charge is 2.13. The summed E-state index contributed by atoms with van der Waals surface area (Å²) in [6, 6.07) is 15.3.